The lowest BCUT2D eigenvalue weighted by Gasteiger charge is -2.28. The zero-order chi connectivity index (χ0) is 15.0. The molecule has 6 heteroatoms. The Morgan fingerprint density at radius 1 is 1.20 bits per heavy atom. The van der Waals surface area contributed by atoms with E-state index in [1.54, 1.807) is 17.3 Å². The van der Waals surface area contributed by atoms with Crippen molar-refractivity contribution in [2.45, 2.75) is 26.8 Å². The molecular formula is C14H21N3O3. The second-order valence-electron chi connectivity index (χ2n) is 4.47. The number of carbonyl (C=O) groups excluding carboxylic acids is 1. The van der Waals surface area contributed by atoms with Gasteiger partial charge in [-0.05, 0) is 31.0 Å². The second-order valence-corrected chi connectivity index (χ2v) is 4.47. The predicted molar refractivity (Wildman–Crippen MR) is 75.2 cm³/mol. The Balaban J connectivity index is 2.75. The van der Waals surface area contributed by atoms with Gasteiger partial charge in [-0.3, -0.25) is 9.78 Å². The molecule has 1 rings (SSSR count). The van der Waals surface area contributed by atoms with E-state index in [9.17, 15) is 9.59 Å². The van der Waals surface area contributed by atoms with Crippen LogP contribution in [-0.4, -0.2) is 51.5 Å². The van der Waals surface area contributed by atoms with Gasteiger partial charge in [-0.15, -0.1) is 0 Å². The molecule has 0 fully saturated rings. The minimum atomic E-state index is -0.994. The monoisotopic (exact) mass is 279 g/mol. The van der Waals surface area contributed by atoms with E-state index in [1.807, 2.05) is 26.0 Å². The quantitative estimate of drug-likeness (QED) is 0.826. The van der Waals surface area contributed by atoms with Crippen LogP contribution in [0.3, 0.4) is 0 Å². The first-order valence-corrected chi connectivity index (χ1v) is 6.73. The molecule has 20 heavy (non-hydrogen) atoms. The Bertz CT molecular complexity index is 437. The van der Waals surface area contributed by atoms with Crippen molar-refractivity contribution in [2.24, 2.45) is 0 Å². The Morgan fingerprint density at radius 2 is 1.85 bits per heavy atom. The molecule has 0 aliphatic heterocycles. The number of carbonyl (C=O) groups is 2. The minimum Gasteiger partial charge on any atom is -0.480 e. The van der Waals surface area contributed by atoms with Crippen LogP contribution in [-0.2, 0) is 11.3 Å². The number of carboxylic acid groups (broad SMARTS) is 1. The lowest BCUT2D eigenvalue weighted by atomic mass is 10.2. The average molecular weight is 279 g/mol. The van der Waals surface area contributed by atoms with Crippen LogP contribution in [0.2, 0.25) is 0 Å². The van der Waals surface area contributed by atoms with Gasteiger partial charge in [-0.1, -0.05) is 6.92 Å². The second kappa shape index (κ2) is 8.14. The number of hydrogen-bond acceptors (Lipinski definition) is 3. The molecular weight excluding hydrogens is 258 g/mol. The smallest absolute Gasteiger partial charge is 0.323 e. The Hall–Kier alpha value is -2.11. The number of aliphatic carboxylic acids is 1. The number of urea groups is 1. The van der Waals surface area contributed by atoms with Crippen molar-refractivity contribution in [3.05, 3.63) is 30.1 Å². The molecule has 0 aliphatic carbocycles. The molecule has 0 unspecified atom stereocenters. The molecule has 110 valence electrons. The van der Waals surface area contributed by atoms with E-state index in [1.165, 1.54) is 4.90 Å². The van der Waals surface area contributed by atoms with E-state index < -0.39 is 5.97 Å². The van der Waals surface area contributed by atoms with Gasteiger partial charge in [0.25, 0.3) is 0 Å². The summed E-state index contributed by atoms with van der Waals surface area (Å²) in [6.07, 6.45) is 4.08. The first-order valence-electron chi connectivity index (χ1n) is 6.73. The summed E-state index contributed by atoms with van der Waals surface area (Å²) in [4.78, 5) is 30.2. The summed E-state index contributed by atoms with van der Waals surface area (Å²) in [5.74, 6) is -0.994. The summed E-state index contributed by atoms with van der Waals surface area (Å²) in [7, 11) is 0. The van der Waals surface area contributed by atoms with Crippen LogP contribution >= 0.6 is 0 Å². The summed E-state index contributed by atoms with van der Waals surface area (Å²) in [6, 6.07) is 3.45. The van der Waals surface area contributed by atoms with Gasteiger partial charge in [0.1, 0.15) is 6.54 Å². The third kappa shape index (κ3) is 4.87. The van der Waals surface area contributed by atoms with Gasteiger partial charge in [0.05, 0.1) is 0 Å². The number of rotatable bonds is 7. The highest BCUT2D eigenvalue weighted by Gasteiger charge is 2.21. The zero-order valence-electron chi connectivity index (χ0n) is 12.0. The van der Waals surface area contributed by atoms with Crippen LogP contribution in [0.15, 0.2) is 24.5 Å². The van der Waals surface area contributed by atoms with Crippen LogP contribution in [0.4, 0.5) is 4.79 Å². The first kappa shape index (κ1) is 15.9. The van der Waals surface area contributed by atoms with Gasteiger partial charge < -0.3 is 14.9 Å². The van der Waals surface area contributed by atoms with E-state index in [4.69, 9.17) is 5.11 Å². The third-order valence-electron chi connectivity index (χ3n) is 2.87. The number of pyridine rings is 1. The fraction of sp³-hybridized carbons (Fsp3) is 0.500. The molecule has 0 bridgehead atoms. The molecule has 1 heterocycles. The standard InChI is InChI=1S/C14H21N3O3/c1-3-9-17(11-13(18)19)14(20)16(4-2)10-12-5-7-15-8-6-12/h5-8H,3-4,9-11H2,1-2H3,(H,18,19). The predicted octanol–water partition coefficient (Wildman–Crippen LogP) is 1.82. The molecule has 0 radical (unpaired) electrons. The Labute approximate surface area is 119 Å². The molecule has 0 aromatic carbocycles. The zero-order valence-corrected chi connectivity index (χ0v) is 12.0. The minimum absolute atomic E-state index is 0.242. The molecule has 0 atom stereocenters. The van der Waals surface area contributed by atoms with E-state index in [0.717, 1.165) is 12.0 Å². The molecule has 6 nitrogen and oxygen atoms in total. The third-order valence-corrected chi connectivity index (χ3v) is 2.87. The summed E-state index contributed by atoms with van der Waals surface area (Å²) in [5, 5.41) is 8.88. The van der Waals surface area contributed by atoms with Gasteiger partial charge >= 0.3 is 12.0 Å². The normalized spacial score (nSPS) is 10.1. The maximum atomic E-state index is 12.4. The van der Waals surface area contributed by atoms with Gasteiger partial charge in [0.2, 0.25) is 0 Å². The Morgan fingerprint density at radius 3 is 2.35 bits per heavy atom. The van der Waals surface area contributed by atoms with Crippen LogP contribution in [0.5, 0.6) is 0 Å². The SMILES string of the molecule is CCCN(CC(=O)O)C(=O)N(CC)Cc1ccncc1. The number of nitrogens with zero attached hydrogens (tertiary/aromatic N) is 3. The number of amides is 2. The lowest BCUT2D eigenvalue weighted by Crippen LogP contribution is -2.45. The molecule has 1 N–H and O–H groups in total. The van der Waals surface area contributed by atoms with Crippen molar-refractivity contribution in [1.82, 2.24) is 14.8 Å². The van der Waals surface area contributed by atoms with Crippen molar-refractivity contribution in [2.75, 3.05) is 19.6 Å². The van der Waals surface area contributed by atoms with Crippen molar-refractivity contribution < 1.29 is 14.7 Å². The van der Waals surface area contributed by atoms with Gasteiger partial charge in [0, 0.05) is 32.0 Å². The van der Waals surface area contributed by atoms with Crippen molar-refractivity contribution in [3.63, 3.8) is 0 Å². The molecule has 0 saturated carbocycles. The van der Waals surface area contributed by atoms with Gasteiger partial charge in [0.15, 0.2) is 0 Å². The van der Waals surface area contributed by atoms with E-state index >= 15 is 0 Å². The largest absolute Gasteiger partial charge is 0.480 e. The highest BCUT2D eigenvalue weighted by molar-refractivity contribution is 5.80. The van der Waals surface area contributed by atoms with E-state index in [0.29, 0.717) is 19.6 Å². The molecule has 2 amide bonds. The summed E-state index contributed by atoms with van der Waals surface area (Å²) in [5.41, 5.74) is 0.974. The molecule has 0 spiro atoms. The van der Waals surface area contributed by atoms with Crippen molar-refractivity contribution in [3.8, 4) is 0 Å². The molecule has 0 aliphatic rings. The lowest BCUT2D eigenvalue weighted by molar-refractivity contribution is -0.137. The number of hydrogen-bond donors (Lipinski definition) is 1. The van der Waals surface area contributed by atoms with E-state index in [2.05, 4.69) is 4.98 Å². The number of aromatic nitrogens is 1. The number of carboxylic acids is 1. The summed E-state index contributed by atoms with van der Waals surface area (Å²) in [6.45, 7) is 4.96. The topological polar surface area (TPSA) is 73.7 Å². The van der Waals surface area contributed by atoms with Crippen LogP contribution in [0, 0.1) is 0 Å². The van der Waals surface area contributed by atoms with Crippen LogP contribution in [0.1, 0.15) is 25.8 Å². The highest BCUT2D eigenvalue weighted by Crippen LogP contribution is 2.07. The highest BCUT2D eigenvalue weighted by atomic mass is 16.4. The van der Waals surface area contributed by atoms with Crippen molar-refractivity contribution >= 4 is 12.0 Å². The van der Waals surface area contributed by atoms with Gasteiger partial charge in [-0.25, -0.2) is 4.79 Å². The maximum absolute atomic E-state index is 12.4. The maximum Gasteiger partial charge on any atom is 0.323 e. The fourth-order valence-electron chi connectivity index (χ4n) is 1.90. The van der Waals surface area contributed by atoms with Crippen LogP contribution < -0.4 is 0 Å². The van der Waals surface area contributed by atoms with Crippen LogP contribution in [0.25, 0.3) is 0 Å². The molecule has 1 aromatic rings. The Kier molecular flexibility index (Phi) is 6.49. The van der Waals surface area contributed by atoms with Crippen molar-refractivity contribution in [1.29, 1.82) is 0 Å². The molecule has 1 aromatic heterocycles. The fourth-order valence-corrected chi connectivity index (χ4v) is 1.90. The van der Waals surface area contributed by atoms with E-state index in [-0.39, 0.29) is 12.6 Å². The molecule has 0 saturated heterocycles. The average Bonchev–Trinajstić information content (AvgIpc) is 2.44. The summed E-state index contributed by atoms with van der Waals surface area (Å²) < 4.78 is 0. The van der Waals surface area contributed by atoms with Gasteiger partial charge in [-0.2, -0.15) is 0 Å². The first-order chi connectivity index (χ1) is 9.58. The summed E-state index contributed by atoms with van der Waals surface area (Å²) >= 11 is 0.